The minimum Gasteiger partial charge on any atom is -0.434 e. The lowest BCUT2D eigenvalue weighted by Gasteiger charge is -2.12. The smallest absolute Gasteiger partial charge is 0.313 e. The normalized spacial score (nSPS) is 17.2. The molecule has 0 spiro atoms. The van der Waals surface area contributed by atoms with Crippen LogP contribution >= 0.6 is 11.6 Å². The Bertz CT molecular complexity index is 1440. The largest absolute Gasteiger partial charge is 0.434 e. The highest BCUT2D eigenvalue weighted by atomic mass is 35.5. The summed E-state index contributed by atoms with van der Waals surface area (Å²) in [6.07, 6.45) is 8.95. The van der Waals surface area contributed by atoms with Gasteiger partial charge < -0.3 is 20.4 Å². The molecule has 1 fully saturated rings. The van der Waals surface area contributed by atoms with Crippen LogP contribution in [-0.4, -0.2) is 37.7 Å². The second-order valence-corrected chi connectivity index (χ2v) is 8.79. The van der Waals surface area contributed by atoms with Gasteiger partial charge in [-0.05, 0) is 37.1 Å². The zero-order chi connectivity index (χ0) is 23.2. The molecule has 4 aromatic rings. The van der Waals surface area contributed by atoms with Crippen molar-refractivity contribution in [2.24, 2.45) is 12.1 Å². The summed E-state index contributed by atoms with van der Waals surface area (Å²) in [5.41, 5.74) is 7.65. The van der Waals surface area contributed by atoms with Crippen molar-refractivity contribution >= 4 is 40.3 Å². The van der Waals surface area contributed by atoms with Gasteiger partial charge in [0.15, 0.2) is 0 Å². The van der Waals surface area contributed by atoms with Crippen LogP contribution in [0.15, 0.2) is 54.2 Å². The number of anilines is 1. The summed E-state index contributed by atoms with van der Waals surface area (Å²) in [5.74, 6) is -0.120. The van der Waals surface area contributed by atoms with E-state index >= 15 is 0 Å². The lowest BCUT2D eigenvalue weighted by atomic mass is 10.1. The number of hydrogen-bond donors (Lipinski definition) is 4. The second-order valence-electron chi connectivity index (χ2n) is 8.38. The number of nitrogens with zero attached hydrogens (tertiary/aromatic N) is 4. The van der Waals surface area contributed by atoms with Gasteiger partial charge in [-0.25, -0.2) is 4.98 Å². The number of aromatic amines is 1. The van der Waals surface area contributed by atoms with Crippen molar-refractivity contribution in [2.75, 3.05) is 5.32 Å². The standard InChI is InChI=1S/C23H21ClN8O2/c1-32-11-14(9-27-32)13-6-16-17(10-26-20(16)25-8-13)22-30-31-23(34-22)29-19-5-2-12(7-18(19)24)21(33)28-15-3-4-15/h2,5-11,15,22,30H,3-4H2,1H3,(H,25,26)(H,28,33)(H,29,31). The maximum absolute atomic E-state index is 12.2. The first-order valence-electron chi connectivity index (χ1n) is 10.9. The Balaban J connectivity index is 1.17. The van der Waals surface area contributed by atoms with Crippen LogP contribution in [0, 0.1) is 0 Å². The lowest BCUT2D eigenvalue weighted by Crippen LogP contribution is -2.25. The molecule has 1 saturated carbocycles. The predicted molar refractivity (Wildman–Crippen MR) is 128 cm³/mol. The second kappa shape index (κ2) is 8.07. The van der Waals surface area contributed by atoms with Gasteiger partial charge >= 0.3 is 6.02 Å². The Morgan fingerprint density at radius 2 is 2.12 bits per heavy atom. The summed E-state index contributed by atoms with van der Waals surface area (Å²) in [6.45, 7) is 0. The van der Waals surface area contributed by atoms with Crippen molar-refractivity contribution in [2.45, 2.75) is 25.1 Å². The van der Waals surface area contributed by atoms with E-state index in [1.54, 1.807) is 29.1 Å². The lowest BCUT2D eigenvalue weighted by molar-refractivity contribution is 0.0951. The Labute approximate surface area is 199 Å². The number of aryl methyl sites for hydroxylation is 1. The minimum atomic E-state index is -0.510. The van der Waals surface area contributed by atoms with Crippen molar-refractivity contribution in [3.63, 3.8) is 0 Å². The van der Waals surface area contributed by atoms with Crippen molar-refractivity contribution in [1.29, 1.82) is 0 Å². The van der Waals surface area contributed by atoms with E-state index in [4.69, 9.17) is 16.3 Å². The molecule has 1 amide bonds. The summed E-state index contributed by atoms with van der Waals surface area (Å²) < 4.78 is 7.74. The fourth-order valence-corrected chi connectivity index (χ4v) is 4.04. The van der Waals surface area contributed by atoms with E-state index in [-0.39, 0.29) is 18.0 Å². The third-order valence-electron chi connectivity index (χ3n) is 5.78. The maximum atomic E-state index is 12.2. The molecule has 1 atom stereocenters. The number of aromatic nitrogens is 4. The Morgan fingerprint density at radius 1 is 1.24 bits per heavy atom. The van der Waals surface area contributed by atoms with Crippen LogP contribution in [0.1, 0.15) is 35.0 Å². The first kappa shape index (κ1) is 20.5. The molecule has 34 heavy (non-hydrogen) atoms. The first-order chi connectivity index (χ1) is 16.5. The zero-order valence-corrected chi connectivity index (χ0v) is 18.9. The van der Waals surface area contributed by atoms with E-state index in [9.17, 15) is 4.79 Å². The molecule has 0 bridgehead atoms. The number of fused-ring (bicyclic) bond motifs is 1. The number of rotatable bonds is 5. The van der Waals surface area contributed by atoms with Gasteiger partial charge in [0.05, 0.1) is 16.9 Å². The Hall–Kier alpha value is -4.05. The molecule has 3 aromatic heterocycles. The van der Waals surface area contributed by atoms with Crippen molar-refractivity contribution < 1.29 is 9.53 Å². The van der Waals surface area contributed by atoms with E-state index in [1.165, 1.54) is 0 Å². The van der Waals surface area contributed by atoms with Crippen LogP contribution in [0.4, 0.5) is 5.69 Å². The number of carbonyl (C=O) groups excluding carboxylic acids is 1. The summed E-state index contributed by atoms with van der Waals surface area (Å²) in [4.78, 5) is 19.9. The highest BCUT2D eigenvalue weighted by Gasteiger charge is 2.26. The van der Waals surface area contributed by atoms with Gasteiger partial charge in [0.2, 0.25) is 6.23 Å². The van der Waals surface area contributed by atoms with E-state index in [2.05, 4.69) is 36.2 Å². The number of hydrogen-bond acceptors (Lipinski definition) is 7. The molecule has 1 aliphatic heterocycles. The van der Waals surface area contributed by atoms with Crippen LogP contribution < -0.4 is 16.1 Å². The van der Waals surface area contributed by atoms with E-state index < -0.39 is 6.23 Å². The molecule has 4 N–H and O–H groups in total. The monoisotopic (exact) mass is 476 g/mol. The van der Waals surface area contributed by atoms with Crippen LogP contribution in [0.25, 0.3) is 22.2 Å². The van der Waals surface area contributed by atoms with Gasteiger partial charge in [0.1, 0.15) is 5.65 Å². The SMILES string of the molecule is Cn1cc(-c2cnc3[nH]cc(C4NN=C(Nc5ccc(C(=O)NC6CC6)cc5Cl)O4)c3c2)cn1. The van der Waals surface area contributed by atoms with Gasteiger partial charge in [-0.1, -0.05) is 11.6 Å². The molecule has 1 unspecified atom stereocenters. The first-order valence-corrected chi connectivity index (χ1v) is 11.2. The molecule has 1 aliphatic carbocycles. The zero-order valence-electron chi connectivity index (χ0n) is 18.2. The molecule has 6 rings (SSSR count). The molecular weight excluding hydrogens is 456 g/mol. The van der Waals surface area contributed by atoms with E-state index in [0.717, 1.165) is 40.6 Å². The number of H-pyrrole nitrogens is 1. The molecule has 10 nitrogen and oxygen atoms in total. The number of ether oxygens (including phenoxy) is 1. The highest BCUT2D eigenvalue weighted by molar-refractivity contribution is 6.34. The van der Waals surface area contributed by atoms with Crippen molar-refractivity contribution in [3.05, 3.63) is 65.2 Å². The molecule has 2 aliphatic rings. The fraction of sp³-hybridized carbons (Fsp3) is 0.217. The van der Waals surface area contributed by atoms with Gasteiger partial charge in [-0.2, -0.15) is 5.10 Å². The summed E-state index contributed by atoms with van der Waals surface area (Å²) in [7, 11) is 1.88. The van der Waals surface area contributed by atoms with Crippen molar-refractivity contribution in [3.8, 4) is 11.1 Å². The number of halogens is 1. The number of carbonyl (C=O) groups is 1. The third-order valence-corrected chi connectivity index (χ3v) is 6.09. The number of benzene rings is 1. The average molecular weight is 477 g/mol. The predicted octanol–water partition coefficient (Wildman–Crippen LogP) is 3.51. The minimum absolute atomic E-state index is 0.120. The Kier molecular flexibility index (Phi) is 4.88. The maximum Gasteiger partial charge on any atom is 0.313 e. The molecule has 172 valence electrons. The number of nitrogens with one attached hydrogen (secondary N) is 4. The summed E-state index contributed by atoms with van der Waals surface area (Å²) >= 11 is 6.40. The number of amides is 1. The number of pyridine rings is 1. The van der Waals surface area contributed by atoms with Gasteiger partial charge in [-0.15, -0.1) is 5.10 Å². The summed E-state index contributed by atoms with van der Waals surface area (Å²) in [6, 6.07) is 7.69. The quantitative estimate of drug-likeness (QED) is 0.350. The molecule has 0 radical (unpaired) electrons. The fourth-order valence-electron chi connectivity index (χ4n) is 3.81. The van der Waals surface area contributed by atoms with Gasteiger partial charge in [0, 0.05) is 59.3 Å². The molecule has 0 saturated heterocycles. The third kappa shape index (κ3) is 3.92. The Morgan fingerprint density at radius 3 is 2.88 bits per heavy atom. The molecule has 11 heteroatoms. The van der Waals surface area contributed by atoms with E-state index in [0.29, 0.717) is 16.3 Å². The average Bonchev–Trinajstić information content (AvgIpc) is 3.20. The van der Waals surface area contributed by atoms with Crippen LogP contribution in [0.3, 0.4) is 0 Å². The van der Waals surface area contributed by atoms with Crippen LogP contribution in [-0.2, 0) is 11.8 Å². The van der Waals surface area contributed by atoms with Gasteiger partial charge in [-0.3, -0.25) is 14.9 Å². The van der Waals surface area contributed by atoms with Gasteiger partial charge in [0.25, 0.3) is 5.91 Å². The van der Waals surface area contributed by atoms with Crippen molar-refractivity contribution in [1.82, 2.24) is 30.5 Å². The molecule has 4 heterocycles. The van der Waals surface area contributed by atoms with Crippen LogP contribution in [0.2, 0.25) is 5.02 Å². The highest BCUT2D eigenvalue weighted by Crippen LogP contribution is 2.31. The number of amidine groups is 1. The number of hydrazone groups is 1. The topological polar surface area (TPSA) is 121 Å². The summed E-state index contributed by atoms with van der Waals surface area (Å²) in [5, 5.41) is 15.8. The molecule has 1 aromatic carbocycles. The van der Waals surface area contributed by atoms with Crippen LogP contribution in [0.5, 0.6) is 0 Å². The molecular formula is C23H21ClN8O2. The van der Waals surface area contributed by atoms with E-state index in [1.807, 2.05) is 31.7 Å².